The molecule has 5 heteroatoms. The van der Waals surface area contributed by atoms with Gasteiger partial charge in [-0.15, -0.1) is 0 Å². The molecule has 0 aliphatic heterocycles. The predicted octanol–water partition coefficient (Wildman–Crippen LogP) is 4.01. The summed E-state index contributed by atoms with van der Waals surface area (Å²) < 4.78 is 45.2. The molecule has 0 heterocycles. The van der Waals surface area contributed by atoms with Crippen molar-refractivity contribution in [3.8, 4) is 11.5 Å². The van der Waals surface area contributed by atoms with E-state index in [9.17, 15) is 13.2 Å². The average molecular weight is 281 g/mol. The zero-order valence-corrected chi connectivity index (χ0v) is 10.9. The van der Waals surface area contributed by atoms with Gasteiger partial charge in [-0.3, -0.25) is 0 Å². The van der Waals surface area contributed by atoms with Gasteiger partial charge in [0.2, 0.25) is 0 Å². The lowest BCUT2D eigenvalue weighted by molar-refractivity contribution is 0.429. The Hall–Kier alpha value is -2.01. The van der Waals surface area contributed by atoms with Crippen LogP contribution in [0.15, 0.2) is 36.4 Å². The van der Waals surface area contributed by atoms with Gasteiger partial charge in [-0.25, -0.2) is 13.2 Å². The molecule has 0 aromatic heterocycles. The monoisotopic (exact) mass is 281 g/mol. The van der Waals surface area contributed by atoms with Crippen LogP contribution in [-0.4, -0.2) is 6.54 Å². The van der Waals surface area contributed by atoms with Gasteiger partial charge in [-0.2, -0.15) is 0 Å². The number of hydrogen-bond acceptors (Lipinski definition) is 2. The summed E-state index contributed by atoms with van der Waals surface area (Å²) in [5.74, 6) is -1.63. The molecule has 0 spiro atoms. The molecule has 0 amide bonds. The maximum absolute atomic E-state index is 13.5. The van der Waals surface area contributed by atoms with Crippen molar-refractivity contribution >= 4 is 0 Å². The molecule has 0 aliphatic carbocycles. The van der Waals surface area contributed by atoms with Gasteiger partial charge in [0.1, 0.15) is 17.4 Å². The summed E-state index contributed by atoms with van der Waals surface area (Å²) >= 11 is 0. The van der Waals surface area contributed by atoms with Gasteiger partial charge >= 0.3 is 0 Å². The number of hydrogen-bond donors (Lipinski definition) is 1. The molecule has 2 rings (SSSR count). The van der Waals surface area contributed by atoms with E-state index < -0.39 is 17.5 Å². The van der Waals surface area contributed by atoms with Crippen LogP contribution in [0.1, 0.15) is 12.5 Å². The van der Waals surface area contributed by atoms with E-state index in [1.54, 1.807) is 0 Å². The van der Waals surface area contributed by atoms with Gasteiger partial charge in [0.15, 0.2) is 11.6 Å². The summed E-state index contributed by atoms with van der Waals surface area (Å²) in [6.45, 7) is 2.98. The molecule has 2 aromatic rings. The van der Waals surface area contributed by atoms with Crippen molar-refractivity contribution in [3.05, 3.63) is 59.4 Å². The van der Waals surface area contributed by atoms with Crippen molar-refractivity contribution < 1.29 is 17.9 Å². The summed E-state index contributed by atoms with van der Waals surface area (Å²) in [4.78, 5) is 0. The highest BCUT2D eigenvalue weighted by Crippen LogP contribution is 2.28. The first-order chi connectivity index (χ1) is 9.60. The lowest BCUT2D eigenvalue weighted by atomic mass is 10.2. The van der Waals surface area contributed by atoms with Crippen LogP contribution in [0.25, 0.3) is 0 Å². The van der Waals surface area contributed by atoms with Crippen molar-refractivity contribution in [1.29, 1.82) is 0 Å². The smallest absolute Gasteiger partial charge is 0.165 e. The number of nitrogens with one attached hydrogen (secondary N) is 1. The first-order valence-electron chi connectivity index (χ1n) is 6.22. The average Bonchev–Trinajstić information content (AvgIpc) is 2.43. The topological polar surface area (TPSA) is 21.3 Å². The Morgan fingerprint density at radius 3 is 2.40 bits per heavy atom. The van der Waals surface area contributed by atoms with Crippen LogP contribution in [0.4, 0.5) is 13.2 Å². The third-order valence-corrected chi connectivity index (χ3v) is 2.70. The Balaban J connectivity index is 2.30. The molecular weight excluding hydrogens is 267 g/mol. The van der Waals surface area contributed by atoms with E-state index in [2.05, 4.69) is 5.32 Å². The van der Waals surface area contributed by atoms with Crippen molar-refractivity contribution in [1.82, 2.24) is 5.32 Å². The SMILES string of the molecule is CCNCc1cc(F)ccc1Oc1cc(F)ccc1F. The van der Waals surface area contributed by atoms with Gasteiger partial charge in [0, 0.05) is 18.2 Å². The molecule has 0 bridgehead atoms. The van der Waals surface area contributed by atoms with E-state index in [1.807, 2.05) is 6.92 Å². The fourth-order valence-electron chi connectivity index (χ4n) is 1.72. The second-order valence-corrected chi connectivity index (χ2v) is 4.21. The number of benzene rings is 2. The van der Waals surface area contributed by atoms with E-state index in [4.69, 9.17) is 4.74 Å². The van der Waals surface area contributed by atoms with Gasteiger partial charge in [-0.1, -0.05) is 6.92 Å². The van der Waals surface area contributed by atoms with Crippen molar-refractivity contribution in [3.63, 3.8) is 0 Å². The second kappa shape index (κ2) is 6.43. The lowest BCUT2D eigenvalue weighted by Gasteiger charge is -2.12. The molecule has 0 atom stereocenters. The first kappa shape index (κ1) is 14.4. The van der Waals surface area contributed by atoms with Crippen molar-refractivity contribution in [2.45, 2.75) is 13.5 Å². The van der Waals surface area contributed by atoms with Crippen molar-refractivity contribution in [2.24, 2.45) is 0 Å². The Kier molecular flexibility index (Phi) is 4.63. The highest BCUT2D eigenvalue weighted by Gasteiger charge is 2.10. The minimum Gasteiger partial charge on any atom is -0.454 e. The van der Waals surface area contributed by atoms with Crippen LogP contribution in [0, 0.1) is 17.5 Å². The molecule has 0 saturated carbocycles. The molecule has 0 radical (unpaired) electrons. The number of ether oxygens (including phenoxy) is 1. The molecule has 0 saturated heterocycles. The van der Waals surface area contributed by atoms with Gasteiger partial charge < -0.3 is 10.1 Å². The normalized spacial score (nSPS) is 10.6. The fraction of sp³-hybridized carbons (Fsp3) is 0.200. The van der Waals surface area contributed by atoms with Crippen LogP contribution in [0.2, 0.25) is 0 Å². The lowest BCUT2D eigenvalue weighted by Crippen LogP contribution is -2.12. The number of rotatable bonds is 5. The quantitative estimate of drug-likeness (QED) is 0.894. The van der Waals surface area contributed by atoms with Crippen LogP contribution in [0.5, 0.6) is 11.5 Å². The van der Waals surface area contributed by atoms with Crippen LogP contribution >= 0.6 is 0 Å². The minimum absolute atomic E-state index is 0.227. The molecule has 2 nitrogen and oxygen atoms in total. The third-order valence-electron chi connectivity index (χ3n) is 2.70. The second-order valence-electron chi connectivity index (χ2n) is 4.21. The van der Waals surface area contributed by atoms with Gasteiger partial charge in [0.25, 0.3) is 0 Å². The Morgan fingerprint density at radius 1 is 0.950 bits per heavy atom. The van der Waals surface area contributed by atoms with Gasteiger partial charge in [0.05, 0.1) is 0 Å². The highest BCUT2D eigenvalue weighted by molar-refractivity contribution is 5.38. The maximum atomic E-state index is 13.5. The summed E-state index contributed by atoms with van der Waals surface area (Å²) in [7, 11) is 0. The largest absolute Gasteiger partial charge is 0.454 e. The Labute approximate surface area is 115 Å². The molecule has 20 heavy (non-hydrogen) atoms. The Bertz CT molecular complexity index is 602. The molecular formula is C15H14F3NO. The van der Waals surface area contributed by atoms with Crippen LogP contribution in [-0.2, 0) is 6.54 Å². The predicted molar refractivity (Wildman–Crippen MR) is 70.2 cm³/mol. The standard InChI is InChI=1S/C15H14F3NO/c1-2-19-9-10-7-11(16)4-6-14(10)20-15-8-12(17)3-5-13(15)18/h3-8,19H,2,9H2,1H3. The van der Waals surface area contributed by atoms with E-state index >= 15 is 0 Å². The zero-order valence-electron chi connectivity index (χ0n) is 10.9. The maximum Gasteiger partial charge on any atom is 0.165 e. The molecule has 106 valence electrons. The molecule has 0 fully saturated rings. The van der Waals surface area contributed by atoms with Crippen LogP contribution < -0.4 is 10.1 Å². The molecule has 1 N–H and O–H groups in total. The summed E-state index contributed by atoms with van der Waals surface area (Å²) in [6, 6.07) is 6.85. The van der Waals surface area contributed by atoms with E-state index in [0.717, 1.165) is 18.2 Å². The van der Waals surface area contributed by atoms with E-state index in [-0.39, 0.29) is 11.5 Å². The zero-order chi connectivity index (χ0) is 14.5. The summed E-state index contributed by atoms with van der Waals surface area (Å²) in [5.41, 5.74) is 0.538. The van der Waals surface area contributed by atoms with Gasteiger partial charge in [-0.05, 0) is 36.9 Å². The molecule has 2 aromatic carbocycles. The highest BCUT2D eigenvalue weighted by atomic mass is 19.1. The molecule has 0 aliphatic rings. The Morgan fingerprint density at radius 2 is 1.65 bits per heavy atom. The van der Waals surface area contributed by atoms with E-state index in [0.29, 0.717) is 18.7 Å². The number of halogens is 3. The fourth-order valence-corrected chi connectivity index (χ4v) is 1.72. The van der Waals surface area contributed by atoms with Crippen molar-refractivity contribution in [2.75, 3.05) is 6.54 Å². The minimum atomic E-state index is -0.676. The summed E-state index contributed by atoms with van der Waals surface area (Å²) in [6.07, 6.45) is 0. The molecule has 0 unspecified atom stereocenters. The third kappa shape index (κ3) is 3.51. The van der Waals surface area contributed by atoms with Crippen LogP contribution in [0.3, 0.4) is 0 Å². The first-order valence-corrected chi connectivity index (χ1v) is 6.22. The summed E-state index contributed by atoms with van der Waals surface area (Å²) in [5, 5.41) is 3.03. The van der Waals surface area contributed by atoms with E-state index in [1.165, 1.54) is 18.2 Å².